The molecule has 0 atom stereocenters. The summed E-state index contributed by atoms with van der Waals surface area (Å²) in [5.41, 5.74) is 4.39. The third-order valence-corrected chi connectivity index (χ3v) is 6.44. The van der Waals surface area contributed by atoms with Gasteiger partial charge in [0.2, 0.25) is 0 Å². The largest absolute Gasteiger partial charge is 0.487 e. The number of morpholine rings is 1. The first-order chi connectivity index (χ1) is 14.7. The molecule has 0 saturated carbocycles. The fourth-order valence-electron chi connectivity index (χ4n) is 3.24. The van der Waals surface area contributed by atoms with Crippen molar-refractivity contribution in [3.8, 4) is 5.75 Å². The van der Waals surface area contributed by atoms with Gasteiger partial charge in [0.05, 0.1) is 26.0 Å². The second kappa shape index (κ2) is 10.6. The molecule has 4 rings (SSSR count). The van der Waals surface area contributed by atoms with Crippen LogP contribution >= 0.6 is 45.2 Å². The lowest BCUT2D eigenvalue weighted by Crippen LogP contribution is -2.36. The third kappa shape index (κ3) is 5.73. The van der Waals surface area contributed by atoms with Crippen molar-refractivity contribution >= 4 is 62.8 Å². The molecule has 6 heteroatoms. The first-order valence-corrected chi connectivity index (χ1v) is 12.0. The molecule has 3 aromatic carbocycles. The molecule has 1 saturated heterocycles. The first-order valence-electron chi connectivity index (χ1n) is 9.81. The molecule has 1 fully saturated rings. The van der Waals surface area contributed by atoms with Gasteiger partial charge in [0.15, 0.2) is 0 Å². The Morgan fingerprint density at radius 2 is 1.60 bits per heavy atom. The normalized spacial score (nSPS) is 14.3. The van der Waals surface area contributed by atoms with Gasteiger partial charge in [-0.2, -0.15) is 0 Å². The maximum absolute atomic E-state index is 6.07. The molecule has 30 heavy (non-hydrogen) atoms. The minimum atomic E-state index is 0.565. The predicted molar refractivity (Wildman–Crippen MR) is 139 cm³/mol. The molecule has 0 bridgehead atoms. The van der Waals surface area contributed by atoms with E-state index in [1.54, 1.807) is 0 Å². The highest BCUT2D eigenvalue weighted by Crippen LogP contribution is 2.29. The lowest BCUT2D eigenvalue weighted by Gasteiger charge is -2.28. The Labute approximate surface area is 204 Å². The Balaban J connectivity index is 1.42. The lowest BCUT2D eigenvalue weighted by atomic mass is 10.2. The van der Waals surface area contributed by atoms with Crippen molar-refractivity contribution in [3.63, 3.8) is 0 Å². The SMILES string of the molecule is Ic1cc(C=Nc2ccc(N3CCOCC3)cc2)cc(I)c1OCc1ccccc1. The summed E-state index contributed by atoms with van der Waals surface area (Å²) in [4.78, 5) is 7.00. The highest BCUT2D eigenvalue weighted by molar-refractivity contribution is 14.1. The summed E-state index contributed by atoms with van der Waals surface area (Å²) in [6, 6.07) is 22.8. The van der Waals surface area contributed by atoms with Gasteiger partial charge in [-0.15, -0.1) is 0 Å². The summed E-state index contributed by atoms with van der Waals surface area (Å²) in [6.07, 6.45) is 1.91. The molecule has 4 nitrogen and oxygen atoms in total. The zero-order valence-corrected chi connectivity index (χ0v) is 20.7. The summed E-state index contributed by atoms with van der Waals surface area (Å²) >= 11 is 4.66. The van der Waals surface area contributed by atoms with Gasteiger partial charge in [-0.25, -0.2) is 0 Å². The van der Waals surface area contributed by atoms with Gasteiger partial charge in [-0.3, -0.25) is 4.99 Å². The van der Waals surface area contributed by atoms with Crippen LogP contribution in [0, 0.1) is 7.14 Å². The lowest BCUT2D eigenvalue weighted by molar-refractivity contribution is 0.122. The zero-order chi connectivity index (χ0) is 20.8. The smallest absolute Gasteiger partial charge is 0.146 e. The van der Waals surface area contributed by atoms with E-state index in [0.29, 0.717) is 6.61 Å². The standard InChI is InChI=1S/C24H22I2N2O2/c25-22-14-19(15-23(26)24(22)30-17-18-4-2-1-3-5-18)16-27-20-6-8-21(9-7-20)28-10-12-29-13-11-28/h1-9,14-16H,10-13,17H2. The van der Waals surface area contributed by atoms with E-state index in [1.165, 1.54) is 5.69 Å². The second-order valence-electron chi connectivity index (χ2n) is 6.96. The number of anilines is 1. The average Bonchev–Trinajstić information content (AvgIpc) is 2.79. The Morgan fingerprint density at radius 1 is 0.933 bits per heavy atom. The molecule has 0 unspecified atom stereocenters. The van der Waals surface area contributed by atoms with Gasteiger partial charge >= 0.3 is 0 Å². The molecule has 0 radical (unpaired) electrons. The maximum atomic E-state index is 6.07. The second-order valence-corrected chi connectivity index (χ2v) is 9.29. The fraction of sp³-hybridized carbons (Fsp3) is 0.208. The van der Waals surface area contributed by atoms with Gasteiger partial charge in [-0.1, -0.05) is 30.3 Å². The van der Waals surface area contributed by atoms with Gasteiger partial charge in [0, 0.05) is 25.0 Å². The van der Waals surface area contributed by atoms with Gasteiger partial charge in [0.1, 0.15) is 12.4 Å². The molecule has 0 aliphatic carbocycles. The van der Waals surface area contributed by atoms with E-state index in [9.17, 15) is 0 Å². The molecule has 1 aliphatic rings. The highest BCUT2D eigenvalue weighted by Gasteiger charge is 2.11. The van der Waals surface area contributed by atoms with E-state index in [-0.39, 0.29) is 0 Å². The van der Waals surface area contributed by atoms with Crippen LogP contribution in [0.4, 0.5) is 11.4 Å². The monoisotopic (exact) mass is 624 g/mol. The molecule has 154 valence electrons. The van der Waals surface area contributed by atoms with Crippen molar-refractivity contribution in [2.24, 2.45) is 4.99 Å². The molecule has 3 aromatic rings. The Bertz CT molecular complexity index is 978. The van der Waals surface area contributed by atoms with Crippen LogP contribution in [0.3, 0.4) is 0 Å². The van der Waals surface area contributed by atoms with Crippen LogP contribution in [0.15, 0.2) is 71.7 Å². The van der Waals surface area contributed by atoms with Crippen molar-refractivity contribution < 1.29 is 9.47 Å². The molecular formula is C24H22I2N2O2. The van der Waals surface area contributed by atoms with E-state index >= 15 is 0 Å². The van der Waals surface area contributed by atoms with E-state index in [4.69, 9.17) is 9.47 Å². The fourth-order valence-corrected chi connectivity index (χ4v) is 5.37. The van der Waals surface area contributed by atoms with Crippen LogP contribution in [0.5, 0.6) is 5.75 Å². The zero-order valence-electron chi connectivity index (χ0n) is 16.4. The number of benzene rings is 3. The van der Waals surface area contributed by atoms with Crippen molar-refractivity contribution in [3.05, 3.63) is 85.0 Å². The number of halogens is 2. The minimum Gasteiger partial charge on any atom is -0.487 e. The van der Waals surface area contributed by atoms with Gasteiger partial charge in [0.25, 0.3) is 0 Å². The number of hydrogen-bond acceptors (Lipinski definition) is 4. The minimum absolute atomic E-state index is 0.565. The van der Waals surface area contributed by atoms with Crippen molar-refractivity contribution in [2.75, 3.05) is 31.2 Å². The highest BCUT2D eigenvalue weighted by atomic mass is 127. The van der Waals surface area contributed by atoms with E-state index in [0.717, 1.165) is 56.0 Å². The predicted octanol–water partition coefficient (Wildman–Crippen LogP) is 6.06. The molecular weight excluding hydrogens is 602 g/mol. The average molecular weight is 624 g/mol. The summed E-state index contributed by atoms with van der Waals surface area (Å²) in [5, 5.41) is 0. The Hall–Kier alpha value is -1.65. The topological polar surface area (TPSA) is 34.1 Å². The summed E-state index contributed by atoms with van der Waals surface area (Å²) in [6.45, 7) is 4.04. The molecule has 0 spiro atoms. The molecule has 0 aromatic heterocycles. The van der Waals surface area contributed by atoms with E-state index < -0.39 is 0 Å². The number of rotatable bonds is 6. The molecule has 0 amide bonds. The quantitative estimate of drug-likeness (QED) is 0.247. The molecule has 0 N–H and O–H groups in total. The van der Waals surface area contributed by atoms with Crippen LogP contribution in [-0.4, -0.2) is 32.5 Å². The molecule has 1 heterocycles. The summed E-state index contributed by atoms with van der Waals surface area (Å²) in [7, 11) is 0. The van der Waals surface area contributed by atoms with Gasteiger partial charge in [-0.05, 0) is 92.7 Å². The number of nitrogens with zero attached hydrogens (tertiary/aromatic N) is 2. The molecule has 1 aliphatic heterocycles. The van der Waals surface area contributed by atoms with Crippen LogP contribution in [0.2, 0.25) is 0 Å². The van der Waals surface area contributed by atoms with Crippen molar-refractivity contribution in [1.29, 1.82) is 0 Å². The number of aliphatic imine (C=N–C) groups is 1. The summed E-state index contributed by atoms with van der Waals surface area (Å²) in [5.74, 6) is 0.923. The Kier molecular flexibility index (Phi) is 7.62. The Morgan fingerprint density at radius 3 is 2.27 bits per heavy atom. The van der Waals surface area contributed by atoms with E-state index in [2.05, 4.69) is 104 Å². The van der Waals surface area contributed by atoms with Crippen LogP contribution in [0.1, 0.15) is 11.1 Å². The van der Waals surface area contributed by atoms with Crippen molar-refractivity contribution in [2.45, 2.75) is 6.61 Å². The van der Waals surface area contributed by atoms with E-state index in [1.807, 2.05) is 24.4 Å². The maximum Gasteiger partial charge on any atom is 0.146 e. The van der Waals surface area contributed by atoms with Gasteiger partial charge < -0.3 is 14.4 Å². The van der Waals surface area contributed by atoms with Crippen LogP contribution < -0.4 is 9.64 Å². The third-order valence-electron chi connectivity index (χ3n) is 4.84. The van der Waals surface area contributed by atoms with Crippen LogP contribution in [0.25, 0.3) is 0 Å². The first kappa shape index (κ1) is 21.6. The number of ether oxygens (including phenoxy) is 2. The number of hydrogen-bond donors (Lipinski definition) is 0. The van der Waals surface area contributed by atoms with Crippen molar-refractivity contribution in [1.82, 2.24) is 0 Å². The van der Waals surface area contributed by atoms with Crippen LogP contribution in [-0.2, 0) is 11.3 Å². The summed E-state index contributed by atoms with van der Waals surface area (Å²) < 4.78 is 13.7.